The summed E-state index contributed by atoms with van der Waals surface area (Å²) >= 11 is 1.35. The Bertz CT molecular complexity index is 535. The molecular weight excluding hydrogens is 493 g/mol. The van der Waals surface area contributed by atoms with Crippen molar-refractivity contribution in [2.24, 2.45) is 0 Å². The van der Waals surface area contributed by atoms with Crippen LogP contribution in [0.2, 0.25) is 0 Å². The second kappa shape index (κ2) is 19.3. The van der Waals surface area contributed by atoms with Crippen LogP contribution >= 0.6 is 20.2 Å². The van der Waals surface area contributed by atoms with Gasteiger partial charge >= 0.3 is 0 Å². The van der Waals surface area contributed by atoms with Crippen molar-refractivity contribution in [3.05, 3.63) is 0 Å². The molecule has 216 valence electrons. The molecule has 0 saturated carbocycles. The van der Waals surface area contributed by atoms with Gasteiger partial charge in [-0.25, -0.2) is 9.34 Å². The van der Waals surface area contributed by atoms with E-state index in [-0.39, 0.29) is 5.12 Å². The van der Waals surface area contributed by atoms with Gasteiger partial charge in [0.1, 0.15) is 6.61 Å². The van der Waals surface area contributed by atoms with Crippen LogP contribution in [-0.4, -0.2) is 94.0 Å². The number of carbonyl (C=O) groups is 1. The van der Waals surface area contributed by atoms with Crippen LogP contribution in [0.25, 0.3) is 0 Å². The van der Waals surface area contributed by atoms with Gasteiger partial charge in [0, 0.05) is 61.6 Å². The number of thioether (sulfide) groups is 1. The van der Waals surface area contributed by atoms with Gasteiger partial charge in [0.2, 0.25) is 0 Å². The maximum Gasteiger partial charge on any atom is 0.190 e. The standard InChI is InChI=1S/C27H58N3O4PS/c1-14-32-27(33-17-18-36-26(31)15-16-28(20(2)3)21(4)5)19-34-35(29(22(6)7)23(8)9)30(24(10)11)25(12)13/h20-25,27H,14-19H2,1-13H3. The zero-order valence-electron chi connectivity index (χ0n) is 25.6. The van der Waals surface area contributed by atoms with E-state index in [2.05, 4.69) is 97.3 Å². The Hall–Kier alpha value is 0.210. The van der Waals surface area contributed by atoms with Crippen LogP contribution in [0.15, 0.2) is 0 Å². The van der Waals surface area contributed by atoms with Crippen LogP contribution < -0.4 is 0 Å². The van der Waals surface area contributed by atoms with Gasteiger partial charge < -0.3 is 14.0 Å². The molecule has 0 aromatic heterocycles. The SMILES string of the molecule is CCOC(COP(N(C(C)C)C(C)C)N(C(C)C)C(C)C)OCCSC(=O)CCN(C(C)C)C(C)C. The molecule has 1 atom stereocenters. The van der Waals surface area contributed by atoms with E-state index < -0.39 is 14.7 Å². The molecule has 0 radical (unpaired) electrons. The molecule has 0 spiro atoms. The second-order valence-corrected chi connectivity index (χ2v) is 13.7. The summed E-state index contributed by atoms with van der Waals surface area (Å²) in [5.41, 5.74) is 0. The highest BCUT2D eigenvalue weighted by molar-refractivity contribution is 8.13. The van der Waals surface area contributed by atoms with E-state index in [0.717, 1.165) is 6.54 Å². The first kappa shape index (κ1) is 36.2. The van der Waals surface area contributed by atoms with Crippen LogP contribution in [0.4, 0.5) is 0 Å². The summed E-state index contributed by atoms with van der Waals surface area (Å²) < 4.78 is 23.4. The number of hydrogen-bond acceptors (Lipinski definition) is 8. The number of hydrogen-bond donors (Lipinski definition) is 0. The lowest BCUT2D eigenvalue weighted by atomic mass is 10.2. The van der Waals surface area contributed by atoms with Crippen molar-refractivity contribution in [3.8, 4) is 0 Å². The summed E-state index contributed by atoms with van der Waals surface area (Å²) in [5, 5.41) is 0.214. The number of carbonyl (C=O) groups excluding carboxylic acids is 1. The fraction of sp³-hybridized carbons (Fsp3) is 0.963. The van der Waals surface area contributed by atoms with Gasteiger partial charge in [0.25, 0.3) is 0 Å². The van der Waals surface area contributed by atoms with E-state index in [1.807, 2.05) is 6.92 Å². The third-order valence-corrected chi connectivity index (χ3v) is 9.66. The van der Waals surface area contributed by atoms with Crippen molar-refractivity contribution in [2.75, 3.05) is 32.1 Å². The molecule has 0 aliphatic heterocycles. The highest BCUT2D eigenvalue weighted by atomic mass is 32.2. The van der Waals surface area contributed by atoms with E-state index >= 15 is 0 Å². The zero-order chi connectivity index (χ0) is 28.0. The second-order valence-electron chi connectivity index (χ2n) is 10.8. The molecule has 36 heavy (non-hydrogen) atoms. The number of rotatable bonds is 20. The molecule has 0 bridgehead atoms. The molecule has 9 heteroatoms. The van der Waals surface area contributed by atoms with Crippen molar-refractivity contribution in [3.63, 3.8) is 0 Å². The first-order valence-electron chi connectivity index (χ1n) is 13.9. The Kier molecular flexibility index (Phi) is 19.4. The smallest absolute Gasteiger partial charge is 0.190 e. The monoisotopic (exact) mass is 551 g/mol. The van der Waals surface area contributed by atoms with Gasteiger partial charge in [-0.15, -0.1) is 0 Å². The highest BCUT2D eigenvalue weighted by Crippen LogP contribution is 2.50. The predicted molar refractivity (Wildman–Crippen MR) is 158 cm³/mol. The molecule has 0 amide bonds. The Morgan fingerprint density at radius 1 is 0.750 bits per heavy atom. The molecule has 0 rings (SSSR count). The van der Waals surface area contributed by atoms with Crippen molar-refractivity contribution in [2.45, 2.75) is 139 Å². The zero-order valence-corrected chi connectivity index (χ0v) is 27.3. The minimum atomic E-state index is -0.997. The Morgan fingerprint density at radius 3 is 1.61 bits per heavy atom. The molecule has 1 unspecified atom stereocenters. The minimum Gasteiger partial charge on any atom is -0.351 e. The van der Waals surface area contributed by atoms with E-state index in [9.17, 15) is 4.79 Å². The summed E-state index contributed by atoms with van der Waals surface area (Å²) in [5.74, 6) is 0.620. The van der Waals surface area contributed by atoms with Crippen LogP contribution in [0.3, 0.4) is 0 Å². The molecule has 0 N–H and O–H groups in total. The van der Waals surface area contributed by atoms with Crippen molar-refractivity contribution >= 4 is 25.3 Å². The van der Waals surface area contributed by atoms with Gasteiger partial charge in [-0.1, -0.05) is 11.8 Å². The Balaban J connectivity index is 4.99. The van der Waals surface area contributed by atoms with Crippen LogP contribution in [0, 0.1) is 0 Å². The lowest BCUT2D eigenvalue weighted by Gasteiger charge is -2.45. The van der Waals surface area contributed by atoms with Crippen LogP contribution in [0.1, 0.15) is 96.4 Å². The normalized spacial score (nSPS) is 14.0. The topological polar surface area (TPSA) is 54.5 Å². The van der Waals surface area contributed by atoms with Gasteiger partial charge in [-0.2, -0.15) is 0 Å². The van der Waals surface area contributed by atoms with E-state index in [1.165, 1.54) is 11.8 Å². The van der Waals surface area contributed by atoms with Crippen molar-refractivity contribution in [1.82, 2.24) is 14.2 Å². The fourth-order valence-corrected chi connectivity index (χ4v) is 7.42. The average Bonchev–Trinajstić information content (AvgIpc) is 2.73. The largest absolute Gasteiger partial charge is 0.351 e. The maximum absolute atomic E-state index is 12.4. The van der Waals surface area contributed by atoms with Gasteiger partial charge in [-0.3, -0.25) is 9.69 Å². The highest BCUT2D eigenvalue weighted by Gasteiger charge is 2.35. The van der Waals surface area contributed by atoms with Crippen molar-refractivity contribution < 1.29 is 18.8 Å². The molecule has 0 saturated heterocycles. The van der Waals surface area contributed by atoms with Crippen LogP contribution in [0.5, 0.6) is 0 Å². The molecule has 0 heterocycles. The van der Waals surface area contributed by atoms with E-state index in [4.69, 9.17) is 14.0 Å². The first-order valence-corrected chi connectivity index (χ1v) is 16.0. The summed E-state index contributed by atoms with van der Waals surface area (Å²) in [7, 11) is -0.997. The summed E-state index contributed by atoms with van der Waals surface area (Å²) in [4.78, 5) is 14.8. The molecular formula is C27H58N3O4PS. The Labute approximate surface area is 229 Å². The maximum atomic E-state index is 12.4. The lowest BCUT2D eigenvalue weighted by Crippen LogP contribution is -2.44. The Morgan fingerprint density at radius 2 is 1.22 bits per heavy atom. The van der Waals surface area contributed by atoms with E-state index in [1.54, 1.807) is 0 Å². The summed E-state index contributed by atoms with van der Waals surface area (Å²) in [6.45, 7) is 30.6. The molecule has 0 aliphatic rings. The van der Waals surface area contributed by atoms with Crippen molar-refractivity contribution in [1.29, 1.82) is 0 Å². The van der Waals surface area contributed by atoms with E-state index in [0.29, 0.717) is 68.2 Å². The van der Waals surface area contributed by atoms with Gasteiger partial charge in [-0.05, 0) is 90.0 Å². The quantitative estimate of drug-likeness (QED) is 0.0951. The third kappa shape index (κ3) is 13.8. The molecule has 0 aromatic carbocycles. The fourth-order valence-electron chi connectivity index (χ4n) is 4.43. The third-order valence-electron chi connectivity index (χ3n) is 5.74. The number of ether oxygens (including phenoxy) is 2. The van der Waals surface area contributed by atoms with Gasteiger partial charge in [0.15, 0.2) is 19.9 Å². The molecule has 0 fully saturated rings. The summed E-state index contributed by atoms with van der Waals surface area (Å²) in [6, 6.07) is 2.29. The number of nitrogens with zero attached hydrogens (tertiary/aromatic N) is 3. The molecule has 0 aromatic rings. The predicted octanol–water partition coefficient (Wildman–Crippen LogP) is 6.62. The minimum absolute atomic E-state index is 0.214. The van der Waals surface area contributed by atoms with Gasteiger partial charge in [0.05, 0.1) is 6.61 Å². The summed E-state index contributed by atoms with van der Waals surface area (Å²) in [6.07, 6.45) is 0.111. The average molecular weight is 552 g/mol. The lowest BCUT2D eigenvalue weighted by molar-refractivity contribution is -0.152. The molecule has 0 aliphatic carbocycles. The molecule has 7 nitrogen and oxygen atoms in total. The first-order chi connectivity index (χ1) is 16.7. The van der Waals surface area contributed by atoms with Crippen LogP contribution in [-0.2, 0) is 18.8 Å².